The number of hydrogen-bond donors (Lipinski definition) is 3. The first-order valence-electron chi connectivity index (χ1n) is 10.1. The Labute approximate surface area is 166 Å². The van der Waals surface area contributed by atoms with Crippen molar-refractivity contribution in [2.75, 3.05) is 25.4 Å². The summed E-state index contributed by atoms with van der Waals surface area (Å²) in [5, 5.41) is 9.80. The molecule has 0 bridgehead atoms. The van der Waals surface area contributed by atoms with Crippen molar-refractivity contribution in [3.63, 3.8) is 0 Å². The zero-order valence-corrected chi connectivity index (χ0v) is 18.4. The Hall–Kier alpha value is -1.31. The standard InChI is InChI=1S/C19H38N4O3S/c1-6-20-17(21-12-9-13-22-18(24)26-19(3,4)5)23-15-10-8-11-16(14-15)27(25)7-2/h15-16H,6-14H2,1-5H3,(H,22,24)(H2,20,21,23). The number of alkyl carbamates (subject to hydrolysis) is 1. The minimum absolute atomic E-state index is 0.294. The number of carbonyl (C=O) groups excluding carboxylic acids is 1. The fraction of sp³-hybridized carbons (Fsp3) is 0.895. The third-order valence-electron chi connectivity index (χ3n) is 4.24. The predicted molar refractivity (Wildman–Crippen MR) is 113 cm³/mol. The van der Waals surface area contributed by atoms with E-state index in [1.54, 1.807) is 0 Å². The molecule has 27 heavy (non-hydrogen) atoms. The normalized spacial score (nSPS) is 22.0. The topological polar surface area (TPSA) is 91.8 Å². The van der Waals surface area contributed by atoms with Gasteiger partial charge >= 0.3 is 6.09 Å². The van der Waals surface area contributed by atoms with E-state index in [1.165, 1.54) is 0 Å². The quantitative estimate of drug-likeness (QED) is 0.330. The van der Waals surface area contributed by atoms with Crippen LogP contribution in [-0.4, -0.2) is 58.5 Å². The van der Waals surface area contributed by atoms with Crippen molar-refractivity contribution >= 4 is 22.9 Å². The molecule has 7 nitrogen and oxygen atoms in total. The number of rotatable bonds is 8. The number of nitrogens with one attached hydrogen (secondary N) is 3. The van der Waals surface area contributed by atoms with Gasteiger partial charge in [0, 0.05) is 47.5 Å². The molecule has 0 aliphatic heterocycles. The molecule has 0 aromatic rings. The maximum absolute atomic E-state index is 12.1. The van der Waals surface area contributed by atoms with E-state index in [-0.39, 0.29) is 0 Å². The first-order chi connectivity index (χ1) is 12.7. The van der Waals surface area contributed by atoms with Crippen molar-refractivity contribution < 1.29 is 13.7 Å². The van der Waals surface area contributed by atoms with E-state index in [0.717, 1.165) is 50.4 Å². The first kappa shape index (κ1) is 23.7. The average molecular weight is 403 g/mol. The molecular weight excluding hydrogens is 364 g/mol. The van der Waals surface area contributed by atoms with Crippen molar-refractivity contribution in [1.29, 1.82) is 0 Å². The molecule has 0 aromatic heterocycles. The van der Waals surface area contributed by atoms with E-state index >= 15 is 0 Å². The second kappa shape index (κ2) is 12.2. The Kier molecular flexibility index (Phi) is 10.7. The van der Waals surface area contributed by atoms with Crippen molar-refractivity contribution in [3.05, 3.63) is 0 Å². The Balaban J connectivity index is 2.39. The van der Waals surface area contributed by atoms with Crippen LogP contribution in [0.15, 0.2) is 4.99 Å². The van der Waals surface area contributed by atoms with Gasteiger partial charge in [-0.05, 0) is 53.4 Å². The van der Waals surface area contributed by atoms with Gasteiger partial charge in [-0.1, -0.05) is 13.3 Å². The van der Waals surface area contributed by atoms with Gasteiger partial charge in [0.2, 0.25) is 0 Å². The molecule has 1 fully saturated rings. The lowest BCUT2D eigenvalue weighted by atomic mass is 9.95. The number of amides is 1. The summed E-state index contributed by atoms with van der Waals surface area (Å²) in [5.74, 6) is 1.53. The Bertz CT molecular complexity index is 506. The number of hydrogen-bond acceptors (Lipinski definition) is 4. The van der Waals surface area contributed by atoms with Gasteiger partial charge in [0.15, 0.2) is 5.96 Å². The summed E-state index contributed by atoms with van der Waals surface area (Å²) in [7, 11) is -0.725. The molecular formula is C19H38N4O3S. The number of carbonyl (C=O) groups is 1. The van der Waals surface area contributed by atoms with Crippen LogP contribution >= 0.6 is 0 Å². The summed E-state index contributed by atoms with van der Waals surface area (Å²) in [5.41, 5.74) is -0.482. The summed E-state index contributed by atoms with van der Waals surface area (Å²) in [6.45, 7) is 11.5. The number of guanidine groups is 1. The molecule has 8 heteroatoms. The van der Waals surface area contributed by atoms with Crippen LogP contribution in [-0.2, 0) is 15.5 Å². The first-order valence-corrected chi connectivity index (χ1v) is 11.5. The molecule has 3 N–H and O–H groups in total. The van der Waals surface area contributed by atoms with Crippen LogP contribution in [0.1, 0.15) is 66.7 Å². The van der Waals surface area contributed by atoms with Gasteiger partial charge in [0.05, 0.1) is 0 Å². The van der Waals surface area contributed by atoms with E-state index in [1.807, 2.05) is 34.6 Å². The second-order valence-electron chi connectivity index (χ2n) is 7.84. The molecule has 1 aliphatic carbocycles. The molecule has 1 amide bonds. The zero-order valence-electron chi connectivity index (χ0n) is 17.6. The molecule has 0 aromatic carbocycles. The van der Waals surface area contributed by atoms with Crippen LogP contribution in [0.3, 0.4) is 0 Å². The molecule has 3 atom stereocenters. The van der Waals surface area contributed by atoms with E-state index in [4.69, 9.17) is 4.74 Å². The highest BCUT2D eigenvalue weighted by molar-refractivity contribution is 7.85. The maximum atomic E-state index is 12.1. The number of nitrogens with zero attached hydrogens (tertiary/aromatic N) is 1. The fourth-order valence-corrected chi connectivity index (χ4v) is 4.39. The largest absolute Gasteiger partial charge is 0.444 e. The minimum atomic E-state index is -0.725. The van der Waals surface area contributed by atoms with Crippen molar-refractivity contribution in [2.45, 2.75) is 83.6 Å². The van der Waals surface area contributed by atoms with Gasteiger partial charge in [0.25, 0.3) is 0 Å². The molecule has 158 valence electrons. The van der Waals surface area contributed by atoms with Crippen molar-refractivity contribution in [1.82, 2.24) is 16.0 Å². The third kappa shape index (κ3) is 10.6. The highest BCUT2D eigenvalue weighted by Crippen LogP contribution is 2.22. The van der Waals surface area contributed by atoms with Crippen LogP contribution < -0.4 is 16.0 Å². The summed E-state index contributed by atoms with van der Waals surface area (Å²) >= 11 is 0. The van der Waals surface area contributed by atoms with Crippen LogP contribution in [0, 0.1) is 0 Å². The SMILES string of the molecule is CCNC(=NCCCNC(=O)OC(C)(C)C)NC1CCCC(S(=O)CC)C1. The molecule has 1 rings (SSSR count). The van der Waals surface area contributed by atoms with Gasteiger partial charge in [-0.2, -0.15) is 0 Å². The lowest BCUT2D eigenvalue weighted by Gasteiger charge is -2.30. The lowest BCUT2D eigenvalue weighted by molar-refractivity contribution is 0.0527. The van der Waals surface area contributed by atoms with Gasteiger partial charge in [-0.25, -0.2) is 4.79 Å². The number of aliphatic imine (C=N–C) groups is 1. The fourth-order valence-electron chi connectivity index (χ4n) is 3.04. The Morgan fingerprint density at radius 3 is 2.59 bits per heavy atom. The monoisotopic (exact) mass is 402 g/mol. The molecule has 0 spiro atoms. The number of ether oxygens (including phenoxy) is 1. The van der Waals surface area contributed by atoms with E-state index in [9.17, 15) is 9.00 Å². The van der Waals surface area contributed by atoms with E-state index < -0.39 is 22.5 Å². The second-order valence-corrected chi connectivity index (χ2v) is 9.85. The average Bonchev–Trinajstić information content (AvgIpc) is 2.59. The summed E-state index contributed by atoms with van der Waals surface area (Å²) < 4.78 is 17.3. The van der Waals surface area contributed by atoms with Gasteiger partial charge in [-0.3, -0.25) is 9.20 Å². The van der Waals surface area contributed by atoms with Crippen molar-refractivity contribution in [2.24, 2.45) is 4.99 Å². The minimum Gasteiger partial charge on any atom is -0.444 e. The third-order valence-corrected chi connectivity index (χ3v) is 5.98. The highest BCUT2D eigenvalue weighted by Gasteiger charge is 2.26. The zero-order chi connectivity index (χ0) is 20.3. The van der Waals surface area contributed by atoms with Gasteiger partial charge in [-0.15, -0.1) is 0 Å². The van der Waals surface area contributed by atoms with Crippen LogP contribution in [0.4, 0.5) is 4.79 Å². The highest BCUT2D eigenvalue weighted by atomic mass is 32.2. The van der Waals surface area contributed by atoms with E-state index in [0.29, 0.717) is 24.4 Å². The van der Waals surface area contributed by atoms with Crippen LogP contribution in [0.2, 0.25) is 0 Å². The van der Waals surface area contributed by atoms with Gasteiger partial charge in [0.1, 0.15) is 5.60 Å². The molecule has 1 aliphatic rings. The molecule has 0 radical (unpaired) electrons. The predicted octanol–water partition coefficient (Wildman–Crippen LogP) is 2.54. The molecule has 1 saturated carbocycles. The molecule has 0 heterocycles. The van der Waals surface area contributed by atoms with E-state index in [2.05, 4.69) is 20.9 Å². The molecule has 3 unspecified atom stereocenters. The maximum Gasteiger partial charge on any atom is 0.407 e. The lowest BCUT2D eigenvalue weighted by Crippen LogP contribution is -2.46. The Morgan fingerprint density at radius 2 is 1.96 bits per heavy atom. The molecule has 0 saturated heterocycles. The summed E-state index contributed by atoms with van der Waals surface area (Å²) in [6, 6.07) is 0.317. The summed E-state index contributed by atoms with van der Waals surface area (Å²) in [4.78, 5) is 16.2. The van der Waals surface area contributed by atoms with Crippen LogP contribution in [0.5, 0.6) is 0 Å². The Morgan fingerprint density at radius 1 is 1.22 bits per heavy atom. The van der Waals surface area contributed by atoms with Crippen LogP contribution in [0.25, 0.3) is 0 Å². The van der Waals surface area contributed by atoms with Crippen molar-refractivity contribution in [3.8, 4) is 0 Å². The summed E-state index contributed by atoms with van der Waals surface area (Å²) in [6.07, 6.45) is 4.53. The smallest absolute Gasteiger partial charge is 0.407 e. The van der Waals surface area contributed by atoms with Gasteiger partial charge < -0.3 is 20.7 Å².